The zero-order valence-corrected chi connectivity index (χ0v) is 11.2. The molecule has 2 amide bonds. The van der Waals surface area contributed by atoms with Crippen LogP contribution >= 0.6 is 0 Å². The molecular weight excluding hydrogens is 252 g/mol. The Hall–Kier alpha value is -1.79. The summed E-state index contributed by atoms with van der Waals surface area (Å²) in [6, 6.07) is -0.687. The summed E-state index contributed by atoms with van der Waals surface area (Å²) >= 11 is 0. The van der Waals surface area contributed by atoms with Crippen LogP contribution in [0.2, 0.25) is 0 Å². The molecule has 0 aliphatic heterocycles. The molecule has 2 unspecified atom stereocenters. The number of amides is 2. The van der Waals surface area contributed by atoms with E-state index in [1.165, 1.54) is 12.0 Å². The molecule has 0 aromatic carbocycles. The molecule has 1 fully saturated rings. The fourth-order valence-electron chi connectivity index (χ4n) is 2.16. The molecule has 0 aromatic rings. The van der Waals surface area contributed by atoms with Gasteiger partial charge in [0.25, 0.3) is 0 Å². The van der Waals surface area contributed by atoms with Gasteiger partial charge in [-0.2, -0.15) is 0 Å². The Morgan fingerprint density at radius 3 is 2.63 bits per heavy atom. The van der Waals surface area contributed by atoms with E-state index in [-0.39, 0.29) is 31.0 Å². The van der Waals surface area contributed by atoms with Crippen molar-refractivity contribution in [3.05, 3.63) is 0 Å². The molecule has 0 radical (unpaired) electrons. The van der Waals surface area contributed by atoms with Gasteiger partial charge in [-0.1, -0.05) is 6.42 Å². The topological polar surface area (TPSA) is 95.9 Å². The Morgan fingerprint density at radius 2 is 2.05 bits per heavy atom. The molecule has 1 rings (SSSR count). The zero-order chi connectivity index (χ0) is 14.4. The van der Waals surface area contributed by atoms with Gasteiger partial charge in [-0.15, -0.1) is 0 Å². The lowest BCUT2D eigenvalue weighted by molar-refractivity contribution is -0.142. The molecule has 7 nitrogen and oxygen atoms in total. The van der Waals surface area contributed by atoms with E-state index in [0.29, 0.717) is 12.8 Å². The first-order valence-corrected chi connectivity index (χ1v) is 6.27. The number of hydrogen-bond donors (Lipinski definition) is 2. The molecule has 0 spiro atoms. The summed E-state index contributed by atoms with van der Waals surface area (Å²) in [6.45, 7) is 0.239. The molecular formula is C12H20N2O5. The van der Waals surface area contributed by atoms with Crippen molar-refractivity contribution in [2.24, 2.45) is 5.92 Å². The Kier molecular flexibility index (Phi) is 5.59. The first-order valence-electron chi connectivity index (χ1n) is 6.27. The van der Waals surface area contributed by atoms with Crippen LogP contribution in [0.25, 0.3) is 0 Å². The standard InChI is InChI=1S/C12H20N2O5/c1-14(7-6-10(15)19-2)12(18)13-9-5-3-4-8(9)11(16)17/h8-9H,3-7H2,1-2H3,(H,13,18)(H,16,17). The maximum absolute atomic E-state index is 11.8. The zero-order valence-electron chi connectivity index (χ0n) is 11.2. The van der Waals surface area contributed by atoms with Crippen molar-refractivity contribution >= 4 is 18.0 Å². The molecule has 0 aromatic heterocycles. The number of nitrogens with zero attached hydrogens (tertiary/aromatic N) is 1. The van der Waals surface area contributed by atoms with Crippen molar-refractivity contribution in [2.45, 2.75) is 31.7 Å². The third-order valence-corrected chi connectivity index (χ3v) is 3.37. The van der Waals surface area contributed by atoms with Gasteiger partial charge in [-0.25, -0.2) is 4.79 Å². The van der Waals surface area contributed by atoms with Gasteiger partial charge in [0.05, 0.1) is 19.4 Å². The number of nitrogens with one attached hydrogen (secondary N) is 1. The number of hydrogen-bond acceptors (Lipinski definition) is 4. The molecule has 1 saturated carbocycles. The van der Waals surface area contributed by atoms with Crippen LogP contribution in [-0.4, -0.2) is 54.7 Å². The third kappa shape index (κ3) is 4.42. The van der Waals surface area contributed by atoms with E-state index in [9.17, 15) is 14.4 Å². The summed E-state index contributed by atoms with van der Waals surface area (Å²) in [7, 11) is 2.85. The van der Waals surface area contributed by atoms with Crippen molar-refractivity contribution in [3.63, 3.8) is 0 Å². The number of carbonyl (C=O) groups is 3. The molecule has 108 valence electrons. The highest BCUT2D eigenvalue weighted by Gasteiger charge is 2.34. The highest BCUT2D eigenvalue weighted by atomic mass is 16.5. The van der Waals surface area contributed by atoms with E-state index in [1.807, 2.05) is 0 Å². The minimum Gasteiger partial charge on any atom is -0.481 e. The average Bonchev–Trinajstić information content (AvgIpc) is 2.83. The number of methoxy groups -OCH3 is 1. The monoisotopic (exact) mass is 272 g/mol. The number of carboxylic acid groups (broad SMARTS) is 1. The van der Waals surface area contributed by atoms with Gasteiger partial charge in [0.1, 0.15) is 0 Å². The quantitative estimate of drug-likeness (QED) is 0.708. The van der Waals surface area contributed by atoms with E-state index in [4.69, 9.17) is 5.11 Å². The number of rotatable bonds is 5. The van der Waals surface area contributed by atoms with Gasteiger partial charge >= 0.3 is 18.0 Å². The van der Waals surface area contributed by atoms with E-state index in [2.05, 4.69) is 10.1 Å². The summed E-state index contributed by atoms with van der Waals surface area (Å²) in [5.41, 5.74) is 0. The predicted octanol–water partition coefficient (Wildman–Crippen LogP) is 0.444. The van der Waals surface area contributed by atoms with Gasteiger partial charge in [0, 0.05) is 19.6 Å². The van der Waals surface area contributed by atoms with Crippen molar-refractivity contribution in [2.75, 3.05) is 20.7 Å². The van der Waals surface area contributed by atoms with Gasteiger partial charge in [-0.05, 0) is 12.8 Å². The van der Waals surface area contributed by atoms with E-state index in [0.717, 1.165) is 6.42 Å². The third-order valence-electron chi connectivity index (χ3n) is 3.37. The Balaban J connectivity index is 2.41. The summed E-state index contributed by atoms with van der Waals surface area (Å²) in [4.78, 5) is 35.2. The van der Waals surface area contributed by atoms with Crippen LogP contribution in [0.3, 0.4) is 0 Å². The van der Waals surface area contributed by atoms with E-state index < -0.39 is 11.9 Å². The highest BCUT2D eigenvalue weighted by Crippen LogP contribution is 2.25. The summed E-state index contributed by atoms with van der Waals surface area (Å²) in [5, 5.41) is 11.7. The second-order valence-corrected chi connectivity index (χ2v) is 4.68. The Labute approximate surface area is 111 Å². The van der Waals surface area contributed by atoms with Crippen LogP contribution in [0.5, 0.6) is 0 Å². The number of urea groups is 1. The largest absolute Gasteiger partial charge is 0.481 e. The molecule has 2 N–H and O–H groups in total. The molecule has 0 saturated heterocycles. The van der Waals surface area contributed by atoms with Crippen LogP contribution in [0.4, 0.5) is 4.79 Å². The lowest BCUT2D eigenvalue weighted by Crippen LogP contribution is -2.46. The smallest absolute Gasteiger partial charge is 0.317 e. The maximum Gasteiger partial charge on any atom is 0.317 e. The molecule has 1 aliphatic rings. The fraction of sp³-hybridized carbons (Fsp3) is 0.750. The van der Waals surface area contributed by atoms with Crippen LogP contribution < -0.4 is 5.32 Å². The van der Waals surface area contributed by atoms with E-state index >= 15 is 0 Å². The lowest BCUT2D eigenvalue weighted by Gasteiger charge is -2.22. The first-order chi connectivity index (χ1) is 8.95. The lowest BCUT2D eigenvalue weighted by atomic mass is 10.0. The Morgan fingerprint density at radius 1 is 1.37 bits per heavy atom. The average molecular weight is 272 g/mol. The van der Waals surface area contributed by atoms with Crippen molar-refractivity contribution < 1.29 is 24.2 Å². The number of carboxylic acids is 1. The fourth-order valence-corrected chi connectivity index (χ4v) is 2.16. The normalized spacial score (nSPS) is 21.8. The minimum absolute atomic E-state index is 0.118. The summed E-state index contributed by atoms with van der Waals surface area (Å²) in [6.07, 6.45) is 2.18. The molecule has 1 aliphatic carbocycles. The predicted molar refractivity (Wildman–Crippen MR) is 66.6 cm³/mol. The number of aliphatic carboxylic acids is 1. The second kappa shape index (κ2) is 6.96. The van der Waals surface area contributed by atoms with Crippen LogP contribution in [-0.2, 0) is 14.3 Å². The molecule has 2 atom stereocenters. The van der Waals surface area contributed by atoms with Gasteiger partial charge in [0.2, 0.25) is 0 Å². The van der Waals surface area contributed by atoms with Crippen LogP contribution in [0.15, 0.2) is 0 Å². The minimum atomic E-state index is -0.875. The van der Waals surface area contributed by atoms with Gasteiger partial charge < -0.3 is 20.1 Å². The Bertz CT molecular complexity index is 358. The van der Waals surface area contributed by atoms with Crippen molar-refractivity contribution in [3.8, 4) is 0 Å². The van der Waals surface area contributed by atoms with Crippen LogP contribution in [0, 0.1) is 5.92 Å². The second-order valence-electron chi connectivity index (χ2n) is 4.68. The number of ether oxygens (including phenoxy) is 1. The SMILES string of the molecule is COC(=O)CCN(C)C(=O)NC1CCCC1C(=O)O. The maximum atomic E-state index is 11.8. The van der Waals surface area contributed by atoms with Gasteiger partial charge in [0.15, 0.2) is 0 Å². The van der Waals surface area contributed by atoms with Crippen molar-refractivity contribution in [1.29, 1.82) is 0 Å². The van der Waals surface area contributed by atoms with Crippen molar-refractivity contribution in [1.82, 2.24) is 10.2 Å². The first kappa shape index (κ1) is 15.3. The molecule has 0 bridgehead atoms. The number of carbonyl (C=O) groups excluding carboxylic acids is 2. The highest BCUT2D eigenvalue weighted by molar-refractivity contribution is 5.77. The van der Waals surface area contributed by atoms with Crippen LogP contribution in [0.1, 0.15) is 25.7 Å². The van der Waals surface area contributed by atoms with E-state index in [1.54, 1.807) is 7.05 Å². The molecule has 7 heteroatoms. The molecule has 0 heterocycles. The molecule has 19 heavy (non-hydrogen) atoms. The summed E-state index contributed by atoms with van der Waals surface area (Å²) < 4.78 is 4.49. The number of esters is 1. The summed E-state index contributed by atoms with van der Waals surface area (Å²) in [5.74, 6) is -1.78. The van der Waals surface area contributed by atoms with Gasteiger partial charge in [-0.3, -0.25) is 9.59 Å².